The van der Waals surface area contributed by atoms with Gasteiger partial charge in [-0.25, -0.2) is 0 Å². The average Bonchev–Trinajstić information content (AvgIpc) is 2.46. The summed E-state index contributed by atoms with van der Waals surface area (Å²) in [7, 11) is 1.65. The van der Waals surface area contributed by atoms with Crippen LogP contribution in [0.15, 0.2) is 42.3 Å². The lowest BCUT2D eigenvalue weighted by Crippen LogP contribution is -2.33. The summed E-state index contributed by atoms with van der Waals surface area (Å²) in [5.74, 6) is 0.898. The summed E-state index contributed by atoms with van der Waals surface area (Å²) >= 11 is 0. The second-order valence-corrected chi connectivity index (χ2v) is 5.72. The van der Waals surface area contributed by atoms with Gasteiger partial charge in [0.15, 0.2) is 10.7 Å². The highest BCUT2D eigenvalue weighted by Gasteiger charge is 2.42. The highest BCUT2D eigenvalue weighted by Crippen LogP contribution is 2.46. The number of benzene rings is 1. The van der Waals surface area contributed by atoms with Crippen LogP contribution in [-0.4, -0.2) is 12.2 Å². The zero-order valence-corrected chi connectivity index (χ0v) is 12.6. The fraction of sp³-hybridized carbons (Fsp3) is 0.412. The van der Waals surface area contributed by atoms with Crippen LogP contribution < -0.4 is 4.74 Å². The van der Waals surface area contributed by atoms with Crippen LogP contribution in [-0.2, 0) is 11.8 Å². The largest absolute Gasteiger partial charge is 0.505 e. The second-order valence-electron chi connectivity index (χ2n) is 5.72. The maximum Gasteiger partial charge on any atom is 0.388 e. The van der Waals surface area contributed by atoms with E-state index in [1.54, 1.807) is 7.11 Å². The molecule has 1 aliphatic rings. The lowest BCUT2D eigenvalue weighted by molar-refractivity contribution is 0.263. The van der Waals surface area contributed by atoms with Crippen molar-refractivity contribution < 1.29 is 9.84 Å². The maximum atomic E-state index is 10.5. The van der Waals surface area contributed by atoms with Crippen molar-refractivity contribution in [1.29, 1.82) is 5.39 Å². The van der Waals surface area contributed by atoms with Crippen molar-refractivity contribution in [1.82, 2.24) is 0 Å². The summed E-state index contributed by atoms with van der Waals surface area (Å²) < 4.78 is 5.28. The predicted octanol–water partition coefficient (Wildman–Crippen LogP) is 4.49. The number of aryl methyl sites for hydroxylation is 1. The number of methoxy groups -OCH3 is 1. The molecule has 0 aromatic heterocycles. The lowest BCUT2D eigenvalue weighted by atomic mass is 9.66. The summed E-state index contributed by atoms with van der Waals surface area (Å²) in [4.78, 5) is 3.00. The summed E-state index contributed by atoms with van der Waals surface area (Å²) in [5, 5.41) is 19.3. The molecule has 0 radical (unpaired) electrons. The first-order valence-electron chi connectivity index (χ1n) is 7.09. The van der Waals surface area contributed by atoms with Gasteiger partial charge in [0.25, 0.3) is 0 Å². The van der Waals surface area contributed by atoms with Crippen LogP contribution in [0.4, 0.5) is 0 Å². The van der Waals surface area contributed by atoms with Crippen molar-refractivity contribution in [2.45, 2.75) is 38.0 Å². The SMILES string of the molecule is C=C(C)CC1(/C(O)=C/[N+]#N)CCCc2cc(OC)ccc21. The van der Waals surface area contributed by atoms with E-state index in [0.29, 0.717) is 6.42 Å². The number of hydrogen-bond acceptors (Lipinski definition) is 3. The van der Waals surface area contributed by atoms with E-state index in [4.69, 9.17) is 10.1 Å². The van der Waals surface area contributed by atoms with E-state index in [2.05, 4.69) is 11.6 Å². The number of allylic oxidation sites excluding steroid dienone is 2. The Kier molecular flexibility index (Phi) is 4.32. The number of diazo groups is 1. The van der Waals surface area contributed by atoms with E-state index in [1.165, 1.54) is 5.56 Å². The summed E-state index contributed by atoms with van der Waals surface area (Å²) in [6.45, 7) is 5.93. The van der Waals surface area contributed by atoms with Crippen LogP contribution in [0.3, 0.4) is 0 Å². The number of fused-ring (bicyclic) bond motifs is 1. The van der Waals surface area contributed by atoms with Crippen LogP contribution in [0.1, 0.15) is 37.3 Å². The van der Waals surface area contributed by atoms with E-state index >= 15 is 0 Å². The first kappa shape index (κ1) is 15.1. The fourth-order valence-electron chi connectivity index (χ4n) is 3.32. The Bertz CT molecular complexity index is 628. The van der Waals surface area contributed by atoms with Gasteiger partial charge in [-0.1, -0.05) is 11.6 Å². The first-order chi connectivity index (χ1) is 10.0. The molecule has 4 nitrogen and oxygen atoms in total. The smallest absolute Gasteiger partial charge is 0.388 e. The van der Waals surface area contributed by atoms with Crippen LogP contribution in [0, 0.1) is 5.39 Å². The average molecular weight is 285 g/mol. The minimum Gasteiger partial charge on any atom is -0.505 e. The normalized spacial score (nSPS) is 21.3. The standard InChI is InChI=1S/C17H20N2O2/c1-12(2)10-17(16(20)11-19-18)8-4-5-13-9-14(21-3)6-7-15(13)17/h6-7,9,11H,1,4-5,8,10H2,2-3H3/p+1/b16-11-. The molecule has 0 bridgehead atoms. The van der Waals surface area contributed by atoms with Crippen LogP contribution in [0.5, 0.6) is 5.75 Å². The zero-order valence-electron chi connectivity index (χ0n) is 12.6. The molecule has 1 aliphatic carbocycles. The molecule has 110 valence electrons. The number of aliphatic hydroxyl groups excluding tert-OH is 1. The van der Waals surface area contributed by atoms with E-state index in [-0.39, 0.29) is 5.76 Å². The van der Waals surface area contributed by atoms with E-state index in [1.807, 2.05) is 25.1 Å². The number of nitrogens with zero attached hydrogens (tertiary/aromatic N) is 2. The quantitative estimate of drug-likeness (QED) is 0.504. The van der Waals surface area contributed by atoms with Crippen molar-refractivity contribution in [2.24, 2.45) is 0 Å². The molecule has 0 aliphatic heterocycles. The molecule has 1 atom stereocenters. The molecule has 4 heteroatoms. The van der Waals surface area contributed by atoms with Gasteiger partial charge in [0.05, 0.1) is 12.5 Å². The Morgan fingerprint density at radius 2 is 2.33 bits per heavy atom. The summed E-state index contributed by atoms with van der Waals surface area (Å²) in [6.07, 6.45) is 4.47. The Labute approximate surface area is 125 Å². The van der Waals surface area contributed by atoms with Gasteiger partial charge >= 0.3 is 6.20 Å². The van der Waals surface area contributed by atoms with E-state index in [0.717, 1.165) is 42.3 Å². The van der Waals surface area contributed by atoms with Crippen molar-refractivity contribution in [3.05, 3.63) is 58.4 Å². The molecule has 0 fully saturated rings. The molecule has 21 heavy (non-hydrogen) atoms. The third-order valence-electron chi connectivity index (χ3n) is 4.15. The molecule has 1 unspecified atom stereocenters. The van der Waals surface area contributed by atoms with Crippen molar-refractivity contribution >= 4 is 0 Å². The minimum absolute atomic E-state index is 0.0825. The molecule has 0 spiro atoms. The highest BCUT2D eigenvalue weighted by atomic mass is 16.5. The first-order valence-corrected chi connectivity index (χ1v) is 7.09. The maximum absolute atomic E-state index is 10.5. The molecule has 0 heterocycles. The van der Waals surface area contributed by atoms with Gasteiger partial charge < -0.3 is 9.84 Å². The molecular weight excluding hydrogens is 264 g/mol. The highest BCUT2D eigenvalue weighted by molar-refractivity contribution is 5.47. The summed E-state index contributed by atoms with van der Waals surface area (Å²) in [6, 6.07) is 5.92. The number of hydrogen-bond donors (Lipinski definition) is 1. The molecule has 0 saturated carbocycles. The van der Waals surface area contributed by atoms with E-state index in [9.17, 15) is 5.11 Å². The van der Waals surface area contributed by atoms with Crippen LogP contribution in [0.25, 0.3) is 4.98 Å². The Morgan fingerprint density at radius 3 is 2.95 bits per heavy atom. The monoisotopic (exact) mass is 285 g/mol. The van der Waals surface area contributed by atoms with Crippen LogP contribution >= 0.6 is 0 Å². The lowest BCUT2D eigenvalue weighted by Gasteiger charge is -2.37. The third-order valence-corrected chi connectivity index (χ3v) is 4.15. The Hall–Kier alpha value is -2.28. The fourth-order valence-corrected chi connectivity index (χ4v) is 3.32. The van der Waals surface area contributed by atoms with E-state index < -0.39 is 5.41 Å². The number of aliphatic hydroxyl groups is 1. The Morgan fingerprint density at radius 1 is 1.57 bits per heavy atom. The van der Waals surface area contributed by atoms with Gasteiger partial charge in [0, 0.05) is 0 Å². The van der Waals surface area contributed by atoms with Gasteiger partial charge in [-0.15, -0.1) is 6.58 Å². The second kappa shape index (κ2) is 6.01. The van der Waals surface area contributed by atoms with Gasteiger partial charge in [-0.05, 0) is 55.9 Å². The van der Waals surface area contributed by atoms with Crippen molar-refractivity contribution in [3.8, 4) is 5.75 Å². The topological polar surface area (TPSA) is 57.6 Å². The van der Waals surface area contributed by atoms with Gasteiger partial charge in [0.1, 0.15) is 5.75 Å². The molecule has 1 aromatic rings. The third kappa shape index (κ3) is 2.78. The molecule has 1 N–H and O–H groups in total. The Balaban J connectivity index is 2.61. The molecule has 0 amide bonds. The van der Waals surface area contributed by atoms with Crippen molar-refractivity contribution in [3.63, 3.8) is 0 Å². The van der Waals surface area contributed by atoms with Gasteiger partial charge in [0.2, 0.25) is 5.39 Å². The van der Waals surface area contributed by atoms with Crippen LogP contribution in [0.2, 0.25) is 0 Å². The predicted molar refractivity (Wildman–Crippen MR) is 82.8 cm³/mol. The summed E-state index contributed by atoms with van der Waals surface area (Å²) in [5.41, 5.74) is 2.66. The number of rotatable bonds is 4. The zero-order chi connectivity index (χ0) is 15.5. The molecule has 1 aromatic carbocycles. The van der Waals surface area contributed by atoms with Gasteiger partial charge in [-0.3, -0.25) is 0 Å². The molecular formula is C17H21N2O2+. The molecule has 0 saturated heterocycles. The minimum atomic E-state index is -0.558. The van der Waals surface area contributed by atoms with Gasteiger partial charge in [-0.2, -0.15) is 0 Å². The van der Waals surface area contributed by atoms with Crippen molar-refractivity contribution in [2.75, 3.05) is 7.11 Å². The molecule has 2 rings (SSSR count). The number of ether oxygens (including phenoxy) is 1.